The lowest BCUT2D eigenvalue weighted by atomic mass is 9.93. The molecule has 1 aromatic rings. The fourth-order valence-electron chi connectivity index (χ4n) is 3.42. The number of nitrogens with one attached hydrogen (secondary N) is 1. The van der Waals surface area contributed by atoms with Crippen molar-refractivity contribution >= 4 is 0 Å². The highest BCUT2D eigenvalue weighted by Crippen LogP contribution is 2.29. The van der Waals surface area contributed by atoms with Crippen molar-refractivity contribution in [2.45, 2.75) is 52.0 Å². The molecule has 1 saturated heterocycles. The minimum Gasteiger partial charge on any atom is -0.314 e. The predicted molar refractivity (Wildman–Crippen MR) is 80.9 cm³/mol. The van der Waals surface area contributed by atoms with Crippen molar-refractivity contribution < 1.29 is 0 Å². The maximum absolute atomic E-state index is 4.95. The monoisotopic (exact) mass is 274 g/mol. The molecule has 2 aliphatic rings. The standard InChI is InChI=1S/C16H26N4/c1-12-13-6-4-5-7-14(13)19-15(18-12)16(2,3)20-10-8-17-9-11-20/h17H,4-11H2,1-3H3. The zero-order chi connectivity index (χ0) is 14.2. The maximum Gasteiger partial charge on any atom is 0.148 e. The maximum atomic E-state index is 4.95. The number of fused-ring (bicyclic) bond motifs is 1. The van der Waals surface area contributed by atoms with E-state index in [1.807, 2.05) is 0 Å². The van der Waals surface area contributed by atoms with E-state index in [0.717, 1.165) is 44.8 Å². The van der Waals surface area contributed by atoms with Crippen LogP contribution in [0.4, 0.5) is 0 Å². The van der Waals surface area contributed by atoms with Crippen LogP contribution in [0, 0.1) is 6.92 Å². The van der Waals surface area contributed by atoms with Crippen LogP contribution in [-0.4, -0.2) is 41.0 Å². The smallest absolute Gasteiger partial charge is 0.148 e. The van der Waals surface area contributed by atoms with Crippen LogP contribution in [0.1, 0.15) is 49.5 Å². The number of piperazine rings is 1. The van der Waals surface area contributed by atoms with Crippen LogP contribution in [-0.2, 0) is 18.4 Å². The van der Waals surface area contributed by atoms with E-state index in [0.29, 0.717) is 0 Å². The summed E-state index contributed by atoms with van der Waals surface area (Å²) >= 11 is 0. The van der Waals surface area contributed by atoms with Crippen LogP contribution in [0.5, 0.6) is 0 Å². The Morgan fingerprint density at radius 3 is 2.50 bits per heavy atom. The Bertz CT molecular complexity index is 489. The molecule has 0 atom stereocenters. The van der Waals surface area contributed by atoms with Gasteiger partial charge in [-0.1, -0.05) is 0 Å². The quantitative estimate of drug-likeness (QED) is 0.893. The molecule has 1 fully saturated rings. The number of nitrogens with zero attached hydrogens (tertiary/aromatic N) is 3. The Balaban J connectivity index is 1.94. The highest BCUT2D eigenvalue weighted by atomic mass is 15.3. The second-order valence-electron chi connectivity index (χ2n) is 6.56. The van der Waals surface area contributed by atoms with Crippen molar-refractivity contribution in [3.8, 4) is 0 Å². The summed E-state index contributed by atoms with van der Waals surface area (Å²) in [5.74, 6) is 1.01. The Kier molecular flexibility index (Phi) is 3.78. The van der Waals surface area contributed by atoms with Gasteiger partial charge in [-0.2, -0.15) is 0 Å². The first-order valence-corrected chi connectivity index (χ1v) is 7.91. The highest BCUT2D eigenvalue weighted by molar-refractivity contribution is 5.28. The van der Waals surface area contributed by atoms with Crippen LogP contribution < -0.4 is 5.32 Å². The van der Waals surface area contributed by atoms with Gasteiger partial charge >= 0.3 is 0 Å². The topological polar surface area (TPSA) is 41.1 Å². The molecule has 20 heavy (non-hydrogen) atoms. The van der Waals surface area contributed by atoms with E-state index in [-0.39, 0.29) is 5.54 Å². The van der Waals surface area contributed by atoms with Crippen LogP contribution in [0.3, 0.4) is 0 Å². The van der Waals surface area contributed by atoms with Gasteiger partial charge in [0.15, 0.2) is 0 Å². The summed E-state index contributed by atoms with van der Waals surface area (Å²) in [6, 6.07) is 0. The lowest BCUT2D eigenvalue weighted by Crippen LogP contribution is -2.52. The van der Waals surface area contributed by atoms with E-state index in [1.54, 1.807) is 0 Å². The van der Waals surface area contributed by atoms with Gasteiger partial charge in [0.2, 0.25) is 0 Å². The van der Waals surface area contributed by atoms with E-state index in [9.17, 15) is 0 Å². The fraction of sp³-hybridized carbons (Fsp3) is 0.750. The minimum atomic E-state index is -0.0701. The number of rotatable bonds is 2. The molecule has 0 amide bonds. The van der Waals surface area contributed by atoms with E-state index in [1.165, 1.54) is 29.8 Å². The molecule has 3 rings (SSSR count). The summed E-state index contributed by atoms with van der Waals surface area (Å²) in [6.45, 7) is 11.0. The predicted octanol–water partition coefficient (Wildman–Crippen LogP) is 1.80. The summed E-state index contributed by atoms with van der Waals surface area (Å²) in [6.07, 6.45) is 4.85. The summed E-state index contributed by atoms with van der Waals surface area (Å²) < 4.78 is 0. The molecule has 1 N–H and O–H groups in total. The number of aryl methyl sites for hydroxylation is 2. The molecule has 0 bridgehead atoms. The zero-order valence-corrected chi connectivity index (χ0v) is 13.0. The lowest BCUT2D eigenvalue weighted by molar-refractivity contribution is 0.0943. The normalized spacial score (nSPS) is 20.8. The summed E-state index contributed by atoms with van der Waals surface area (Å²) in [4.78, 5) is 12.3. The van der Waals surface area contributed by atoms with Crippen LogP contribution in [0.25, 0.3) is 0 Å². The van der Waals surface area contributed by atoms with Gasteiger partial charge < -0.3 is 5.32 Å². The lowest BCUT2D eigenvalue weighted by Gasteiger charge is -2.40. The largest absolute Gasteiger partial charge is 0.314 e. The highest BCUT2D eigenvalue weighted by Gasteiger charge is 2.33. The first-order chi connectivity index (χ1) is 9.59. The average molecular weight is 274 g/mol. The number of hydrogen-bond donors (Lipinski definition) is 1. The Morgan fingerprint density at radius 1 is 1.05 bits per heavy atom. The van der Waals surface area contributed by atoms with Crippen molar-refractivity contribution in [2.75, 3.05) is 26.2 Å². The van der Waals surface area contributed by atoms with Crippen molar-refractivity contribution in [1.82, 2.24) is 20.2 Å². The van der Waals surface area contributed by atoms with Crippen molar-refractivity contribution in [3.63, 3.8) is 0 Å². The van der Waals surface area contributed by atoms with E-state index in [4.69, 9.17) is 9.97 Å². The molecular weight excluding hydrogens is 248 g/mol. The molecule has 4 nitrogen and oxygen atoms in total. The SMILES string of the molecule is Cc1nc(C(C)(C)N2CCNCC2)nc2c1CCCC2. The molecule has 2 heterocycles. The van der Waals surface area contributed by atoms with Gasteiger partial charge in [-0.3, -0.25) is 4.90 Å². The molecule has 1 aliphatic carbocycles. The number of hydrogen-bond acceptors (Lipinski definition) is 4. The van der Waals surface area contributed by atoms with Gasteiger partial charge in [0.1, 0.15) is 5.82 Å². The Labute approximate surface area is 122 Å². The second kappa shape index (κ2) is 5.41. The summed E-state index contributed by atoms with van der Waals surface area (Å²) in [5, 5.41) is 3.42. The van der Waals surface area contributed by atoms with Gasteiger partial charge in [0, 0.05) is 37.6 Å². The second-order valence-corrected chi connectivity index (χ2v) is 6.56. The first-order valence-electron chi connectivity index (χ1n) is 7.91. The van der Waals surface area contributed by atoms with Gasteiger partial charge in [-0.05, 0) is 52.0 Å². The number of aromatic nitrogens is 2. The molecule has 0 saturated carbocycles. The van der Waals surface area contributed by atoms with Crippen molar-refractivity contribution in [1.29, 1.82) is 0 Å². The third kappa shape index (κ3) is 2.47. The van der Waals surface area contributed by atoms with Gasteiger partial charge in [-0.25, -0.2) is 9.97 Å². The van der Waals surface area contributed by atoms with Crippen LogP contribution in [0.2, 0.25) is 0 Å². The third-order valence-corrected chi connectivity index (χ3v) is 4.84. The minimum absolute atomic E-state index is 0.0701. The van der Waals surface area contributed by atoms with Gasteiger partial charge in [0.05, 0.1) is 5.54 Å². The molecule has 0 unspecified atom stereocenters. The molecule has 1 aromatic heterocycles. The van der Waals surface area contributed by atoms with Gasteiger partial charge in [0.25, 0.3) is 0 Å². The molecule has 110 valence electrons. The van der Waals surface area contributed by atoms with Crippen molar-refractivity contribution in [3.05, 3.63) is 22.8 Å². The summed E-state index contributed by atoms with van der Waals surface area (Å²) in [7, 11) is 0. The van der Waals surface area contributed by atoms with E-state index >= 15 is 0 Å². The third-order valence-electron chi connectivity index (χ3n) is 4.84. The Hall–Kier alpha value is -1.00. The molecule has 4 heteroatoms. The van der Waals surface area contributed by atoms with E-state index in [2.05, 4.69) is 31.0 Å². The fourth-order valence-corrected chi connectivity index (χ4v) is 3.42. The molecule has 0 radical (unpaired) electrons. The average Bonchev–Trinajstić information content (AvgIpc) is 2.48. The molecule has 1 aliphatic heterocycles. The first kappa shape index (κ1) is 14.0. The molecule has 0 aromatic carbocycles. The van der Waals surface area contributed by atoms with Crippen molar-refractivity contribution in [2.24, 2.45) is 0 Å². The van der Waals surface area contributed by atoms with Gasteiger partial charge in [-0.15, -0.1) is 0 Å². The molecule has 0 spiro atoms. The van der Waals surface area contributed by atoms with Crippen LogP contribution >= 0.6 is 0 Å². The van der Waals surface area contributed by atoms with Crippen LogP contribution in [0.15, 0.2) is 0 Å². The summed E-state index contributed by atoms with van der Waals surface area (Å²) in [5.41, 5.74) is 3.85. The zero-order valence-electron chi connectivity index (χ0n) is 13.0. The molecular formula is C16H26N4. The Morgan fingerprint density at radius 2 is 1.75 bits per heavy atom. The van der Waals surface area contributed by atoms with E-state index < -0.39 is 0 Å².